The van der Waals surface area contributed by atoms with Crippen molar-refractivity contribution in [2.45, 2.75) is 53.1 Å². The first-order chi connectivity index (χ1) is 12.0. The van der Waals surface area contributed by atoms with Crippen molar-refractivity contribution in [1.29, 1.82) is 0 Å². The van der Waals surface area contributed by atoms with Gasteiger partial charge in [0, 0.05) is 19.6 Å². The molecule has 0 aliphatic rings. The van der Waals surface area contributed by atoms with E-state index in [2.05, 4.69) is 60.4 Å². The molecule has 1 rings (SSSR count). The number of hydrogen-bond donors (Lipinski definition) is 2. The lowest BCUT2D eigenvalue weighted by atomic mass is 10.1. The molecule has 142 valence electrons. The summed E-state index contributed by atoms with van der Waals surface area (Å²) in [4.78, 5) is 6.80. The first-order valence-corrected chi connectivity index (χ1v) is 9.37. The third-order valence-electron chi connectivity index (χ3n) is 4.53. The molecule has 1 unspecified atom stereocenters. The highest BCUT2D eigenvalue weighted by Crippen LogP contribution is 2.18. The van der Waals surface area contributed by atoms with Crippen LogP contribution in [0.15, 0.2) is 23.2 Å². The molecule has 0 fully saturated rings. The Bertz CT molecular complexity index is 526. The lowest BCUT2D eigenvalue weighted by molar-refractivity contribution is 0.292. The second-order valence-electron chi connectivity index (χ2n) is 6.44. The normalized spacial score (nSPS) is 13.0. The number of benzene rings is 1. The predicted octanol–water partition coefficient (Wildman–Crippen LogP) is 3.18. The molecule has 5 nitrogen and oxygen atoms in total. The minimum absolute atomic E-state index is 0.402. The predicted molar refractivity (Wildman–Crippen MR) is 108 cm³/mol. The summed E-state index contributed by atoms with van der Waals surface area (Å²) < 4.78 is 5.31. The number of hydrogen-bond acceptors (Lipinski definition) is 3. The van der Waals surface area contributed by atoms with Gasteiger partial charge in [-0.3, -0.25) is 4.99 Å². The molecular weight excluding hydrogens is 312 g/mol. The zero-order valence-electron chi connectivity index (χ0n) is 16.9. The lowest BCUT2D eigenvalue weighted by Crippen LogP contribution is -2.42. The Morgan fingerprint density at radius 1 is 1.28 bits per heavy atom. The van der Waals surface area contributed by atoms with Gasteiger partial charge in [-0.15, -0.1) is 0 Å². The summed E-state index contributed by atoms with van der Waals surface area (Å²) in [5.74, 6) is 1.77. The lowest BCUT2D eigenvalue weighted by Gasteiger charge is -2.21. The Kier molecular flexibility index (Phi) is 10.0. The number of nitrogens with one attached hydrogen (secondary N) is 2. The van der Waals surface area contributed by atoms with Crippen LogP contribution in [0.25, 0.3) is 0 Å². The van der Waals surface area contributed by atoms with Gasteiger partial charge in [-0.25, -0.2) is 0 Å². The van der Waals surface area contributed by atoms with Gasteiger partial charge in [-0.05, 0) is 63.5 Å². The van der Waals surface area contributed by atoms with Crippen molar-refractivity contribution in [2.24, 2.45) is 4.99 Å². The fourth-order valence-corrected chi connectivity index (χ4v) is 2.90. The van der Waals surface area contributed by atoms with Gasteiger partial charge in [-0.2, -0.15) is 0 Å². The Labute approximate surface area is 153 Å². The molecule has 0 saturated carbocycles. The van der Waals surface area contributed by atoms with E-state index in [1.54, 1.807) is 7.11 Å². The van der Waals surface area contributed by atoms with Crippen molar-refractivity contribution >= 4 is 5.96 Å². The zero-order valence-corrected chi connectivity index (χ0v) is 16.9. The maximum Gasteiger partial charge on any atom is 0.191 e. The third kappa shape index (κ3) is 7.78. The Balaban J connectivity index is 2.40. The summed E-state index contributed by atoms with van der Waals surface area (Å²) in [5, 5.41) is 6.87. The molecule has 25 heavy (non-hydrogen) atoms. The van der Waals surface area contributed by atoms with Crippen LogP contribution in [0.1, 0.15) is 44.7 Å². The summed E-state index contributed by atoms with van der Waals surface area (Å²) in [6, 6.07) is 6.64. The maximum atomic E-state index is 5.31. The average Bonchev–Trinajstić information content (AvgIpc) is 2.62. The highest BCUT2D eigenvalue weighted by atomic mass is 16.5. The maximum absolute atomic E-state index is 5.31. The molecule has 0 heterocycles. The van der Waals surface area contributed by atoms with E-state index in [-0.39, 0.29) is 0 Å². The van der Waals surface area contributed by atoms with Gasteiger partial charge in [0.15, 0.2) is 5.96 Å². The first kappa shape index (κ1) is 21.3. The standard InChI is InChI=1S/C20H36N4O/c1-7-24(8-2)13-9-10-17(4)23-20(21-5)22-15-18-11-12-19(25-6)16(3)14-18/h11-12,14,17H,7-10,13,15H2,1-6H3,(H2,21,22,23). The van der Waals surface area contributed by atoms with E-state index in [4.69, 9.17) is 4.74 Å². The average molecular weight is 349 g/mol. The molecule has 0 saturated heterocycles. The fourth-order valence-electron chi connectivity index (χ4n) is 2.90. The van der Waals surface area contributed by atoms with Crippen molar-refractivity contribution in [2.75, 3.05) is 33.8 Å². The highest BCUT2D eigenvalue weighted by molar-refractivity contribution is 5.79. The Hall–Kier alpha value is -1.75. The van der Waals surface area contributed by atoms with Crippen molar-refractivity contribution in [3.8, 4) is 5.75 Å². The van der Waals surface area contributed by atoms with Gasteiger partial charge in [0.05, 0.1) is 7.11 Å². The van der Waals surface area contributed by atoms with Crippen molar-refractivity contribution < 1.29 is 4.74 Å². The summed E-state index contributed by atoms with van der Waals surface area (Å²) in [6.07, 6.45) is 2.34. The van der Waals surface area contributed by atoms with E-state index in [0.717, 1.165) is 49.9 Å². The fraction of sp³-hybridized carbons (Fsp3) is 0.650. The van der Waals surface area contributed by atoms with Gasteiger partial charge in [-0.1, -0.05) is 26.0 Å². The van der Waals surface area contributed by atoms with Gasteiger partial charge >= 0.3 is 0 Å². The molecule has 0 aromatic heterocycles. The largest absolute Gasteiger partial charge is 0.496 e. The van der Waals surface area contributed by atoms with E-state index in [9.17, 15) is 0 Å². The van der Waals surface area contributed by atoms with Crippen LogP contribution < -0.4 is 15.4 Å². The number of aryl methyl sites for hydroxylation is 1. The number of methoxy groups -OCH3 is 1. The molecule has 2 N–H and O–H groups in total. The molecule has 5 heteroatoms. The number of rotatable bonds is 10. The third-order valence-corrected chi connectivity index (χ3v) is 4.53. The molecule has 1 aromatic carbocycles. The quantitative estimate of drug-likeness (QED) is 0.504. The first-order valence-electron chi connectivity index (χ1n) is 9.37. The SMILES string of the molecule is CCN(CC)CCCC(C)NC(=NC)NCc1ccc(OC)c(C)c1. The van der Waals surface area contributed by atoms with Crippen LogP contribution in [0, 0.1) is 6.92 Å². The molecule has 0 spiro atoms. The van der Waals surface area contributed by atoms with Crippen LogP contribution in [0.2, 0.25) is 0 Å². The van der Waals surface area contributed by atoms with Gasteiger partial charge < -0.3 is 20.3 Å². The van der Waals surface area contributed by atoms with Crippen LogP contribution in [-0.4, -0.2) is 50.7 Å². The molecule has 0 amide bonds. The molecule has 1 atom stereocenters. The zero-order chi connectivity index (χ0) is 18.7. The van der Waals surface area contributed by atoms with Gasteiger partial charge in [0.1, 0.15) is 5.75 Å². The summed E-state index contributed by atoms with van der Waals surface area (Å²) in [6.45, 7) is 12.9. The van der Waals surface area contributed by atoms with Crippen molar-refractivity contribution in [3.63, 3.8) is 0 Å². The van der Waals surface area contributed by atoms with Crippen LogP contribution in [0.3, 0.4) is 0 Å². The Morgan fingerprint density at radius 2 is 2.00 bits per heavy atom. The molecule has 0 radical (unpaired) electrons. The number of ether oxygens (including phenoxy) is 1. The van der Waals surface area contributed by atoms with E-state index in [1.807, 2.05) is 13.1 Å². The summed E-state index contributed by atoms with van der Waals surface area (Å²) in [5.41, 5.74) is 2.37. The van der Waals surface area contributed by atoms with E-state index in [0.29, 0.717) is 6.04 Å². The minimum atomic E-state index is 0.402. The highest BCUT2D eigenvalue weighted by Gasteiger charge is 2.07. The number of aliphatic imine (C=N–C) groups is 1. The molecule has 0 aliphatic heterocycles. The second kappa shape index (κ2) is 11.7. The monoisotopic (exact) mass is 348 g/mol. The molecule has 0 bridgehead atoms. The smallest absolute Gasteiger partial charge is 0.191 e. The van der Waals surface area contributed by atoms with Crippen molar-refractivity contribution in [3.05, 3.63) is 29.3 Å². The second-order valence-corrected chi connectivity index (χ2v) is 6.44. The van der Waals surface area contributed by atoms with Crippen LogP contribution in [0.5, 0.6) is 5.75 Å². The van der Waals surface area contributed by atoms with Crippen LogP contribution in [-0.2, 0) is 6.54 Å². The number of guanidine groups is 1. The summed E-state index contributed by atoms with van der Waals surface area (Å²) >= 11 is 0. The molecular formula is C20H36N4O. The topological polar surface area (TPSA) is 48.9 Å². The summed E-state index contributed by atoms with van der Waals surface area (Å²) in [7, 11) is 3.52. The molecule has 1 aromatic rings. The Morgan fingerprint density at radius 3 is 2.56 bits per heavy atom. The van der Waals surface area contributed by atoms with Crippen LogP contribution >= 0.6 is 0 Å². The van der Waals surface area contributed by atoms with E-state index in [1.165, 1.54) is 12.0 Å². The van der Waals surface area contributed by atoms with Gasteiger partial charge in [0.2, 0.25) is 0 Å². The van der Waals surface area contributed by atoms with Crippen LogP contribution in [0.4, 0.5) is 0 Å². The van der Waals surface area contributed by atoms with E-state index < -0.39 is 0 Å². The minimum Gasteiger partial charge on any atom is -0.496 e. The van der Waals surface area contributed by atoms with Gasteiger partial charge in [0.25, 0.3) is 0 Å². The van der Waals surface area contributed by atoms with E-state index >= 15 is 0 Å². The number of nitrogens with zero attached hydrogens (tertiary/aromatic N) is 2. The molecule has 0 aliphatic carbocycles. The van der Waals surface area contributed by atoms with Crippen molar-refractivity contribution in [1.82, 2.24) is 15.5 Å².